The van der Waals surface area contributed by atoms with Gasteiger partial charge in [-0.05, 0) is 24.8 Å². The van der Waals surface area contributed by atoms with Gasteiger partial charge < -0.3 is 10.4 Å². The molecule has 108 valence electrons. The van der Waals surface area contributed by atoms with Gasteiger partial charge in [0.1, 0.15) is 5.82 Å². The second kappa shape index (κ2) is 6.15. The Bertz CT molecular complexity index is 443. The highest BCUT2D eigenvalue weighted by atomic mass is 35.5. The summed E-state index contributed by atoms with van der Waals surface area (Å²) in [6, 6.07) is 0.751. The van der Waals surface area contributed by atoms with E-state index < -0.39 is 22.8 Å². The molecule has 4 nitrogen and oxygen atoms in total. The van der Waals surface area contributed by atoms with Crippen LogP contribution < -0.4 is 5.32 Å². The van der Waals surface area contributed by atoms with Gasteiger partial charge in [0.2, 0.25) is 5.28 Å². The summed E-state index contributed by atoms with van der Waals surface area (Å²) >= 11 is 6.86. The number of thioether (sulfide) groups is 1. The van der Waals surface area contributed by atoms with Gasteiger partial charge in [0, 0.05) is 18.4 Å². The van der Waals surface area contributed by atoms with Crippen LogP contribution in [0.1, 0.15) is 12.6 Å². The van der Waals surface area contributed by atoms with Crippen molar-refractivity contribution in [2.24, 2.45) is 0 Å². The van der Waals surface area contributed by atoms with E-state index in [0.717, 1.165) is 6.07 Å². The van der Waals surface area contributed by atoms with Gasteiger partial charge in [-0.15, -0.1) is 0 Å². The van der Waals surface area contributed by atoms with E-state index in [1.807, 2.05) is 6.26 Å². The lowest BCUT2D eigenvalue weighted by molar-refractivity contribution is -0.141. The molecule has 2 N–H and O–H groups in total. The van der Waals surface area contributed by atoms with E-state index in [2.05, 4.69) is 15.3 Å². The van der Waals surface area contributed by atoms with Crippen LogP contribution in [0, 0.1) is 0 Å². The second-order valence-electron chi connectivity index (χ2n) is 4.19. The molecule has 19 heavy (non-hydrogen) atoms. The van der Waals surface area contributed by atoms with Crippen LogP contribution in [0.2, 0.25) is 5.28 Å². The Hall–Kier alpha value is -0.730. The number of nitrogens with zero attached hydrogens (tertiary/aromatic N) is 2. The molecule has 0 fully saturated rings. The Morgan fingerprint density at radius 3 is 2.58 bits per heavy atom. The average molecular weight is 316 g/mol. The number of halogens is 4. The van der Waals surface area contributed by atoms with Crippen molar-refractivity contribution < 1.29 is 18.3 Å². The smallest absolute Gasteiger partial charge is 0.387 e. The molecule has 9 heteroatoms. The molecule has 0 amide bonds. The highest BCUT2D eigenvalue weighted by Gasteiger charge is 2.33. The molecule has 1 aromatic heterocycles. The minimum Gasteiger partial charge on any atom is -0.387 e. The van der Waals surface area contributed by atoms with Gasteiger partial charge in [0.15, 0.2) is 5.69 Å². The maximum absolute atomic E-state index is 12.5. The lowest BCUT2D eigenvalue weighted by Crippen LogP contribution is -2.36. The van der Waals surface area contributed by atoms with Crippen molar-refractivity contribution in [3.8, 4) is 0 Å². The molecular weight excluding hydrogens is 303 g/mol. The first kappa shape index (κ1) is 16.3. The molecular formula is C10H13ClF3N3OS. The van der Waals surface area contributed by atoms with Gasteiger partial charge >= 0.3 is 6.18 Å². The van der Waals surface area contributed by atoms with Gasteiger partial charge in [0.05, 0.1) is 5.60 Å². The van der Waals surface area contributed by atoms with Gasteiger partial charge in [-0.1, -0.05) is 0 Å². The number of aliphatic hydroxyl groups is 1. The molecule has 0 saturated carbocycles. The summed E-state index contributed by atoms with van der Waals surface area (Å²) in [6.07, 6.45) is -2.78. The molecule has 0 aliphatic rings. The van der Waals surface area contributed by atoms with E-state index in [1.54, 1.807) is 6.92 Å². The number of hydrogen-bond acceptors (Lipinski definition) is 5. The molecule has 1 aromatic rings. The maximum Gasteiger partial charge on any atom is 0.433 e. The molecule has 0 aliphatic carbocycles. The predicted octanol–water partition coefficient (Wildman–Crippen LogP) is 2.67. The highest BCUT2D eigenvalue weighted by Crippen LogP contribution is 2.29. The molecule has 0 radical (unpaired) electrons. The van der Waals surface area contributed by atoms with Crippen LogP contribution in [0.4, 0.5) is 19.0 Å². The van der Waals surface area contributed by atoms with E-state index >= 15 is 0 Å². The Labute approximate surface area is 117 Å². The Balaban J connectivity index is 2.82. The Kier molecular flexibility index (Phi) is 5.28. The summed E-state index contributed by atoms with van der Waals surface area (Å²) in [6.45, 7) is 1.63. The van der Waals surface area contributed by atoms with E-state index in [1.165, 1.54) is 11.8 Å². The number of hydrogen-bond donors (Lipinski definition) is 2. The third-order valence-corrected chi connectivity index (χ3v) is 3.17. The fraction of sp³-hybridized carbons (Fsp3) is 0.600. The van der Waals surface area contributed by atoms with Crippen LogP contribution in [0.5, 0.6) is 0 Å². The topological polar surface area (TPSA) is 58.0 Å². The van der Waals surface area contributed by atoms with Crippen LogP contribution in [0.25, 0.3) is 0 Å². The summed E-state index contributed by atoms with van der Waals surface area (Å²) in [4.78, 5) is 6.74. The number of nitrogens with one attached hydrogen (secondary N) is 1. The third kappa shape index (κ3) is 5.42. The monoisotopic (exact) mass is 315 g/mol. The first-order valence-electron chi connectivity index (χ1n) is 5.21. The predicted molar refractivity (Wildman–Crippen MR) is 69.5 cm³/mol. The maximum atomic E-state index is 12.5. The number of alkyl halides is 3. The highest BCUT2D eigenvalue weighted by molar-refractivity contribution is 7.98. The van der Waals surface area contributed by atoms with E-state index in [0.29, 0.717) is 5.75 Å². The van der Waals surface area contributed by atoms with Crippen molar-refractivity contribution in [2.75, 3.05) is 23.9 Å². The number of aromatic nitrogens is 2. The molecule has 1 heterocycles. The van der Waals surface area contributed by atoms with Crippen molar-refractivity contribution >= 4 is 29.2 Å². The van der Waals surface area contributed by atoms with Crippen LogP contribution in [0.3, 0.4) is 0 Å². The van der Waals surface area contributed by atoms with Crippen molar-refractivity contribution in [1.29, 1.82) is 0 Å². The molecule has 0 bridgehead atoms. The van der Waals surface area contributed by atoms with Crippen molar-refractivity contribution in [2.45, 2.75) is 18.7 Å². The molecule has 0 aromatic carbocycles. The van der Waals surface area contributed by atoms with Crippen molar-refractivity contribution in [3.05, 3.63) is 17.0 Å². The second-order valence-corrected chi connectivity index (χ2v) is 5.39. The summed E-state index contributed by atoms with van der Waals surface area (Å²) < 4.78 is 37.5. The van der Waals surface area contributed by atoms with Crippen LogP contribution in [0.15, 0.2) is 6.07 Å². The minimum atomic E-state index is -4.59. The summed E-state index contributed by atoms with van der Waals surface area (Å²) in [7, 11) is 0. The van der Waals surface area contributed by atoms with Crippen molar-refractivity contribution in [1.82, 2.24) is 9.97 Å². The summed E-state index contributed by atoms with van der Waals surface area (Å²) in [5.74, 6) is 0.360. The normalized spacial score (nSPS) is 15.1. The fourth-order valence-electron chi connectivity index (χ4n) is 1.30. The van der Waals surface area contributed by atoms with Crippen molar-refractivity contribution in [3.63, 3.8) is 0 Å². The van der Waals surface area contributed by atoms with E-state index in [9.17, 15) is 18.3 Å². The zero-order valence-corrected chi connectivity index (χ0v) is 11.8. The summed E-state index contributed by atoms with van der Waals surface area (Å²) in [5, 5.41) is 12.0. The van der Waals surface area contributed by atoms with Gasteiger partial charge in [-0.3, -0.25) is 0 Å². The fourth-order valence-corrected chi connectivity index (χ4v) is 2.20. The number of rotatable bonds is 5. The molecule has 1 rings (SSSR count). The minimum absolute atomic E-state index is 0.0540. The molecule has 0 saturated heterocycles. The molecule has 1 atom stereocenters. The van der Waals surface area contributed by atoms with E-state index in [-0.39, 0.29) is 12.4 Å². The number of anilines is 1. The third-order valence-electron chi connectivity index (χ3n) is 2.09. The quantitative estimate of drug-likeness (QED) is 0.818. The Morgan fingerprint density at radius 2 is 2.05 bits per heavy atom. The van der Waals surface area contributed by atoms with E-state index in [4.69, 9.17) is 11.6 Å². The summed E-state index contributed by atoms with van der Waals surface area (Å²) in [5.41, 5.74) is -2.19. The SMILES string of the molecule is CSCC(C)(O)CNc1cc(C(F)(F)F)nc(Cl)n1. The van der Waals surface area contributed by atoms with Gasteiger partial charge in [-0.2, -0.15) is 24.9 Å². The molecule has 0 spiro atoms. The standard InChI is InChI=1S/C10H13ClF3N3OS/c1-9(18,5-19-2)4-15-7-3-6(10(12,13)14)16-8(11)17-7/h3,18H,4-5H2,1-2H3,(H,15,16,17). The average Bonchev–Trinajstić information content (AvgIpc) is 2.24. The zero-order chi connectivity index (χ0) is 14.7. The van der Waals surface area contributed by atoms with Gasteiger partial charge in [0.25, 0.3) is 0 Å². The van der Waals surface area contributed by atoms with Crippen LogP contribution in [-0.4, -0.2) is 39.2 Å². The zero-order valence-electron chi connectivity index (χ0n) is 10.3. The van der Waals surface area contributed by atoms with Gasteiger partial charge in [-0.25, -0.2) is 9.97 Å². The largest absolute Gasteiger partial charge is 0.433 e. The molecule has 0 aliphatic heterocycles. The molecule has 1 unspecified atom stereocenters. The first-order valence-corrected chi connectivity index (χ1v) is 6.98. The van der Waals surface area contributed by atoms with Crippen LogP contribution >= 0.6 is 23.4 Å². The van der Waals surface area contributed by atoms with Crippen LogP contribution in [-0.2, 0) is 6.18 Å². The lowest BCUT2D eigenvalue weighted by atomic mass is 10.1. The first-order chi connectivity index (χ1) is 8.64. The Morgan fingerprint density at radius 1 is 1.42 bits per heavy atom. The lowest BCUT2D eigenvalue weighted by Gasteiger charge is -2.23.